The molecule has 0 radical (unpaired) electrons. The van der Waals surface area contributed by atoms with Crippen molar-refractivity contribution in [1.29, 1.82) is 0 Å². The number of nitrogens with two attached hydrogens (primary N) is 1. The zero-order chi connectivity index (χ0) is 13.9. The average molecular weight is 282 g/mol. The molecule has 1 aromatic rings. The first-order valence-corrected chi connectivity index (χ1v) is 7.66. The lowest BCUT2D eigenvalue weighted by Gasteiger charge is -2.39. The van der Waals surface area contributed by atoms with E-state index in [-0.39, 0.29) is 18.1 Å². The van der Waals surface area contributed by atoms with E-state index in [1.807, 2.05) is 6.07 Å². The Balaban J connectivity index is 1.93. The van der Waals surface area contributed by atoms with Crippen molar-refractivity contribution in [3.05, 3.63) is 21.9 Å². The van der Waals surface area contributed by atoms with Gasteiger partial charge in [-0.2, -0.15) is 0 Å². The van der Waals surface area contributed by atoms with Gasteiger partial charge in [-0.3, -0.25) is 4.79 Å². The maximum Gasteiger partial charge on any atom is 0.249 e. The topological polar surface area (TPSA) is 75.3 Å². The van der Waals surface area contributed by atoms with E-state index in [1.54, 1.807) is 5.38 Å². The van der Waals surface area contributed by atoms with Crippen molar-refractivity contribution in [2.24, 2.45) is 11.7 Å². The van der Waals surface area contributed by atoms with Gasteiger partial charge in [-0.25, -0.2) is 0 Å². The molecule has 1 fully saturated rings. The number of thiophene rings is 1. The lowest BCUT2D eigenvalue weighted by molar-refractivity contribution is 0.1000. The average Bonchev–Trinajstić information content (AvgIpc) is 2.88. The number of rotatable bonds is 5. The van der Waals surface area contributed by atoms with Crippen molar-refractivity contribution in [3.8, 4) is 0 Å². The lowest BCUT2D eigenvalue weighted by atomic mass is 9.77. The van der Waals surface area contributed by atoms with Crippen LogP contribution in [0.1, 0.15) is 47.8 Å². The van der Waals surface area contributed by atoms with E-state index in [4.69, 9.17) is 5.73 Å². The third kappa shape index (κ3) is 3.55. The molecule has 0 atom stereocenters. The van der Waals surface area contributed by atoms with Crippen LogP contribution in [-0.4, -0.2) is 23.2 Å². The summed E-state index contributed by atoms with van der Waals surface area (Å²) in [5.74, 6) is 0.371. The SMILES string of the molecule is CC1CCC(CO)(NCc2cc(C(N)=O)cs2)CC1. The Kier molecular flexibility index (Phi) is 4.60. The first-order chi connectivity index (χ1) is 9.04. The molecule has 4 nitrogen and oxygen atoms in total. The molecule has 5 heteroatoms. The van der Waals surface area contributed by atoms with Crippen molar-refractivity contribution < 1.29 is 9.90 Å². The van der Waals surface area contributed by atoms with E-state index in [2.05, 4.69) is 12.2 Å². The number of primary amides is 1. The summed E-state index contributed by atoms with van der Waals surface area (Å²) >= 11 is 1.53. The van der Waals surface area contributed by atoms with E-state index in [0.29, 0.717) is 12.1 Å². The Bertz CT molecular complexity index is 436. The molecule has 0 aliphatic heterocycles. The van der Waals surface area contributed by atoms with Crippen LogP contribution in [-0.2, 0) is 6.54 Å². The molecule has 0 unspecified atom stereocenters. The minimum absolute atomic E-state index is 0.149. The highest BCUT2D eigenvalue weighted by atomic mass is 32.1. The molecule has 1 amide bonds. The number of hydrogen-bond donors (Lipinski definition) is 3. The highest BCUT2D eigenvalue weighted by Gasteiger charge is 2.33. The van der Waals surface area contributed by atoms with Crippen molar-refractivity contribution in [1.82, 2.24) is 5.32 Å². The molecule has 0 bridgehead atoms. The van der Waals surface area contributed by atoms with Gasteiger partial charge in [-0.1, -0.05) is 6.92 Å². The molecule has 1 aromatic heterocycles. The highest BCUT2D eigenvalue weighted by Crippen LogP contribution is 2.32. The molecule has 106 valence electrons. The van der Waals surface area contributed by atoms with Crippen LogP contribution in [0.5, 0.6) is 0 Å². The zero-order valence-corrected chi connectivity index (χ0v) is 12.1. The lowest BCUT2D eigenvalue weighted by Crippen LogP contribution is -2.50. The van der Waals surface area contributed by atoms with Crippen LogP contribution < -0.4 is 11.1 Å². The third-order valence-corrected chi connectivity index (χ3v) is 5.05. The second-order valence-corrected chi connectivity index (χ2v) is 6.64. The summed E-state index contributed by atoms with van der Waals surface area (Å²) < 4.78 is 0. The van der Waals surface area contributed by atoms with Crippen LogP contribution in [0.25, 0.3) is 0 Å². The number of hydrogen-bond acceptors (Lipinski definition) is 4. The number of aliphatic hydroxyl groups excluding tert-OH is 1. The molecule has 0 saturated heterocycles. The van der Waals surface area contributed by atoms with Crippen LogP contribution in [0.3, 0.4) is 0 Å². The van der Waals surface area contributed by atoms with Crippen molar-refractivity contribution in [3.63, 3.8) is 0 Å². The Morgan fingerprint density at radius 1 is 1.58 bits per heavy atom. The Hall–Kier alpha value is -0.910. The molecule has 0 aromatic carbocycles. The van der Waals surface area contributed by atoms with Crippen LogP contribution in [0, 0.1) is 5.92 Å². The summed E-state index contributed by atoms with van der Waals surface area (Å²) in [6, 6.07) is 1.83. The van der Waals surface area contributed by atoms with Gasteiger partial charge in [0, 0.05) is 22.3 Å². The second-order valence-electron chi connectivity index (χ2n) is 5.64. The first-order valence-electron chi connectivity index (χ1n) is 6.78. The normalized spacial score (nSPS) is 27.4. The van der Waals surface area contributed by atoms with Crippen molar-refractivity contribution >= 4 is 17.2 Å². The fraction of sp³-hybridized carbons (Fsp3) is 0.643. The predicted octanol–water partition coefficient (Wildman–Crippen LogP) is 1.88. The van der Waals surface area contributed by atoms with Gasteiger partial charge in [0.2, 0.25) is 5.91 Å². The smallest absolute Gasteiger partial charge is 0.249 e. The molecule has 1 aliphatic carbocycles. The van der Waals surface area contributed by atoms with E-state index < -0.39 is 0 Å². The summed E-state index contributed by atoms with van der Waals surface area (Å²) in [7, 11) is 0. The summed E-state index contributed by atoms with van der Waals surface area (Å²) in [5.41, 5.74) is 5.66. The van der Waals surface area contributed by atoms with Gasteiger partial charge in [0.05, 0.1) is 12.2 Å². The Morgan fingerprint density at radius 2 is 2.26 bits per heavy atom. The van der Waals surface area contributed by atoms with E-state index >= 15 is 0 Å². The Labute approximate surface area is 118 Å². The number of aliphatic hydroxyl groups is 1. The maximum absolute atomic E-state index is 11.0. The van der Waals surface area contributed by atoms with E-state index in [0.717, 1.165) is 36.5 Å². The van der Waals surface area contributed by atoms with Crippen molar-refractivity contribution in [2.45, 2.75) is 44.7 Å². The minimum atomic E-state index is -0.383. The summed E-state index contributed by atoms with van der Waals surface area (Å²) in [5, 5.41) is 14.9. The summed E-state index contributed by atoms with van der Waals surface area (Å²) in [6.45, 7) is 3.13. The van der Waals surface area contributed by atoms with Crippen LogP contribution in [0.2, 0.25) is 0 Å². The van der Waals surface area contributed by atoms with Crippen molar-refractivity contribution in [2.75, 3.05) is 6.61 Å². The van der Waals surface area contributed by atoms with Crippen LogP contribution in [0.4, 0.5) is 0 Å². The van der Waals surface area contributed by atoms with Crippen LogP contribution in [0.15, 0.2) is 11.4 Å². The highest BCUT2D eigenvalue weighted by molar-refractivity contribution is 7.10. The predicted molar refractivity (Wildman–Crippen MR) is 77.1 cm³/mol. The molecule has 4 N–H and O–H groups in total. The quantitative estimate of drug-likeness (QED) is 0.772. The monoisotopic (exact) mass is 282 g/mol. The second kappa shape index (κ2) is 6.03. The minimum Gasteiger partial charge on any atom is -0.394 e. The molecule has 1 heterocycles. The van der Waals surface area contributed by atoms with Gasteiger partial charge in [0.25, 0.3) is 0 Å². The van der Waals surface area contributed by atoms with Gasteiger partial charge in [-0.15, -0.1) is 11.3 Å². The number of nitrogens with one attached hydrogen (secondary N) is 1. The number of carbonyl (C=O) groups excluding carboxylic acids is 1. The van der Waals surface area contributed by atoms with Gasteiger partial charge in [-0.05, 0) is 37.7 Å². The fourth-order valence-electron chi connectivity index (χ4n) is 2.58. The summed E-state index contributed by atoms with van der Waals surface area (Å²) in [4.78, 5) is 12.1. The summed E-state index contributed by atoms with van der Waals surface area (Å²) in [6.07, 6.45) is 4.34. The fourth-order valence-corrected chi connectivity index (χ4v) is 3.40. The molecule has 1 aliphatic rings. The standard InChI is InChI=1S/C14H22N2O2S/c1-10-2-4-14(9-17,5-3-10)16-7-12-6-11(8-19-12)13(15)18/h6,8,10,16-17H,2-5,7,9H2,1H3,(H2,15,18). The molecule has 19 heavy (non-hydrogen) atoms. The largest absolute Gasteiger partial charge is 0.394 e. The van der Waals surface area contributed by atoms with Gasteiger partial charge in [0.1, 0.15) is 0 Å². The Morgan fingerprint density at radius 3 is 2.79 bits per heavy atom. The molecular formula is C14H22N2O2S. The van der Waals surface area contributed by atoms with E-state index in [1.165, 1.54) is 11.3 Å². The molecule has 2 rings (SSSR count). The number of carbonyl (C=O) groups is 1. The van der Waals surface area contributed by atoms with Gasteiger partial charge in [0.15, 0.2) is 0 Å². The first kappa shape index (κ1) is 14.5. The molecular weight excluding hydrogens is 260 g/mol. The molecule has 1 saturated carbocycles. The third-order valence-electron chi connectivity index (χ3n) is 4.11. The zero-order valence-electron chi connectivity index (χ0n) is 11.3. The maximum atomic E-state index is 11.0. The molecule has 0 spiro atoms. The van der Waals surface area contributed by atoms with E-state index in [9.17, 15) is 9.90 Å². The van der Waals surface area contributed by atoms with Gasteiger partial charge < -0.3 is 16.2 Å². The number of amides is 1. The van der Waals surface area contributed by atoms with Gasteiger partial charge >= 0.3 is 0 Å². The van der Waals surface area contributed by atoms with Crippen LogP contribution >= 0.6 is 11.3 Å².